The van der Waals surface area contributed by atoms with Crippen molar-refractivity contribution in [2.45, 2.75) is 6.54 Å². The molecule has 0 saturated carbocycles. The fourth-order valence-corrected chi connectivity index (χ4v) is 2.58. The lowest BCUT2D eigenvalue weighted by Gasteiger charge is -2.35. The summed E-state index contributed by atoms with van der Waals surface area (Å²) in [6.07, 6.45) is 4.04. The number of anilines is 1. The van der Waals surface area contributed by atoms with E-state index in [2.05, 4.69) is 51.4 Å². The summed E-state index contributed by atoms with van der Waals surface area (Å²) in [5, 5.41) is 4.24. The van der Waals surface area contributed by atoms with Gasteiger partial charge in [-0.2, -0.15) is 5.10 Å². The van der Waals surface area contributed by atoms with Crippen molar-refractivity contribution in [2.75, 3.05) is 31.1 Å². The third-order valence-corrected chi connectivity index (χ3v) is 3.68. The number of aryl methyl sites for hydroxylation is 1. The highest BCUT2D eigenvalue weighted by molar-refractivity contribution is 5.42. The van der Waals surface area contributed by atoms with Crippen molar-refractivity contribution in [3.05, 3.63) is 48.3 Å². The molecular weight excluding hydrogens is 236 g/mol. The van der Waals surface area contributed by atoms with Crippen LogP contribution in [-0.2, 0) is 13.6 Å². The Bertz CT molecular complexity index is 512. The second-order valence-electron chi connectivity index (χ2n) is 5.12. The zero-order chi connectivity index (χ0) is 13.1. The molecule has 2 aromatic rings. The summed E-state index contributed by atoms with van der Waals surface area (Å²) in [6.45, 7) is 5.45. The van der Waals surface area contributed by atoms with Crippen LogP contribution in [0.2, 0.25) is 0 Å². The van der Waals surface area contributed by atoms with Crippen LogP contribution in [0.5, 0.6) is 0 Å². The molecule has 0 N–H and O–H groups in total. The summed E-state index contributed by atoms with van der Waals surface area (Å²) in [4.78, 5) is 4.93. The third kappa shape index (κ3) is 2.96. The van der Waals surface area contributed by atoms with Crippen LogP contribution in [0.3, 0.4) is 0 Å². The second-order valence-corrected chi connectivity index (χ2v) is 5.12. The van der Waals surface area contributed by atoms with Gasteiger partial charge in [-0.15, -0.1) is 0 Å². The van der Waals surface area contributed by atoms with Gasteiger partial charge in [-0.1, -0.05) is 30.3 Å². The summed E-state index contributed by atoms with van der Waals surface area (Å²) < 4.78 is 1.87. The Labute approximate surface area is 114 Å². The van der Waals surface area contributed by atoms with Crippen molar-refractivity contribution in [3.8, 4) is 0 Å². The SMILES string of the molecule is Cn1cc(N2CCN(Cc3ccccc3)CC2)cn1. The molecule has 1 saturated heterocycles. The summed E-state index contributed by atoms with van der Waals surface area (Å²) in [7, 11) is 1.97. The minimum Gasteiger partial charge on any atom is -0.366 e. The number of hydrogen-bond acceptors (Lipinski definition) is 3. The second kappa shape index (κ2) is 5.45. The fraction of sp³-hybridized carbons (Fsp3) is 0.400. The van der Waals surface area contributed by atoms with Crippen molar-refractivity contribution in [3.63, 3.8) is 0 Å². The first kappa shape index (κ1) is 12.2. The van der Waals surface area contributed by atoms with Crippen molar-refractivity contribution in [1.82, 2.24) is 14.7 Å². The maximum Gasteiger partial charge on any atom is 0.0753 e. The van der Waals surface area contributed by atoms with Crippen LogP contribution in [0, 0.1) is 0 Å². The molecule has 1 aromatic heterocycles. The molecule has 0 spiro atoms. The van der Waals surface area contributed by atoms with Gasteiger partial charge < -0.3 is 4.90 Å². The van der Waals surface area contributed by atoms with Gasteiger partial charge in [0.2, 0.25) is 0 Å². The first-order chi connectivity index (χ1) is 9.31. The maximum absolute atomic E-state index is 4.24. The van der Waals surface area contributed by atoms with Gasteiger partial charge >= 0.3 is 0 Å². The molecule has 100 valence electrons. The van der Waals surface area contributed by atoms with Crippen LogP contribution in [0.1, 0.15) is 5.56 Å². The molecule has 3 rings (SSSR count). The fourth-order valence-electron chi connectivity index (χ4n) is 2.58. The third-order valence-electron chi connectivity index (χ3n) is 3.68. The molecule has 0 radical (unpaired) electrons. The van der Waals surface area contributed by atoms with Gasteiger partial charge in [0.25, 0.3) is 0 Å². The van der Waals surface area contributed by atoms with Crippen LogP contribution >= 0.6 is 0 Å². The quantitative estimate of drug-likeness (QED) is 0.836. The average molecular weight is 256 g/mol. The molecule has 1 aliphatic rings. The number of aromatic nitrogens is 2. The highest BCUT2D eigenvalue weighted by Gasteiger charge is 2.17. The first-order valence-electron chi connectivity index (χ1n) is 6.81. The van der Waals surface area contributed by atoms with Gasteiger partial charge in [-0.25, -0.2) is 0 Å². The molecule has 1 fully saturated rings. The lowest BCUT2D eigenvalue weighted by Crippen LogP contribution is -2.45. The molecule has 4 nitrogen and oxygen atoms in total. The molecular formula is C15H20N4. The van der Waals surface area contributed by atoms with E-state index in [0.717, 1.165) is 32.7 Å². The van der Waals surface area contributed by atoms with Crippen LogP contribution in [0.15, 0.2) is 42.7 Å². The normalized spacial score (nSPS) is 16.8. The molecule has 2 heterocycles. The van der Waals surface area contributed by atoms with Gasteiger partial charge in [-0.05, 0) is 5.56 Å². The minimum absolute atomic E-state index is 1.06. The monoisotopic (exact) mass is 256 g/mol. The highest BCUT2D eigenvalue weighted by atomic mass is 15.3. The van der Waals surface area contributed by atoms with E-state index in [0.29, 0.717) is 0 Å². The number of piperazine rings is 1. The predicted molar refractivity (Wildman–Crippen MR) is 77.1 cm³/mol. The van der Waals surface area contributed by atoms with E-state index in [1.54, 1.807) is 0 Å². The van der Waals surface area contributed by atoms with Crippen molar-refractivity contribution < 1.29 is 0 Å². The lowest BCUT2D eigenvalue weighted by atomic mass is 10.2. The van der Waals surface area contributed by atoms with Crippen molar-refractivity contribution in [1.29, 1.82) is 0 Å². The maximum atomic E-state index is 4.24. The van der Waals surface area contributed by atoms with E-state index in [-0.39, 0.29) is 0 Å². The molecule has 0 bridgehead atoms. The largest absolute Gasteiger partial charge is 0.366 e. The van der Waals surface area contributed by atoms with Crippen LogP contribution in [0.4, 0.5) is 5.69 Å². The Balaban J connectivity index is 1.55. The standard InChI is InChI=1S/C15H20N4/c1-17-13-15(11-16-17)19-9-7-18(8-10-19)12-14-5-3-2-4-6-14/h2-6,11,13H,7-10,12H2,1H3. The molecule has 0 aliphatic carbocycles. The minimum atomic E-state index is 1.06. The number of nitrogens with zero attached hydrogens (tertiary/aromatic N) is 4. The molecule has 19 heavy (non-hydrogen) atoms. The Morgan fingerprint density at radius 1 is 1.05 bits per heavy atom. The van der Waals surface area contributed by atoms with Gasteiger partial charge in [-0.3, -0.25) is 9.58 Å². The molecule has 1 aromatic carbocycles. The Morgan fingerprint density at radius 3 is 2.42 bits per heavy atom. The van der Waals surface area contributed by atoms with Gasteiger partial charge in [0.1, 0.15) is 0 Å². The van der Waals surface area contributed by atoms with E-state index in [1.165, 1.54) is 11.3 Å². The highest BCUT2D eigenvalue weighted by Crippen LogP contribution is 2.16. The smallest absolute Gasteiger partial charge is 0.0753 e. The van der Waals surface area contributed by atoms with E-state index in [9.17, 15) is 0 Å². The number of hydrogen-bond donors (Lipinski definition) is 0. The summed E-state index contributed by atoms with van der Waals surface area (Å²) in [5.74, 6) is 0. The summed E-state index contributed by atoms with van der Waals surface area (Å²) >= 11 is 0. The molecule has 0 unspecified atom stereocenters. The zero-order valence-electron chi connectivity index (χ0n) is 11.4. The lowest BCUT2D eigenvalue weighted by molar-refractivity contribution is 0.250. The Morgan fingerprint density at radius 2 is 1.79 bits per heavy atom. The van der Waals surface area contributed by atoms with E-state index in [1.807, 2.05) is 17.9 Å². The van der Waals surface area contributed by atoms with Gasteiger partial charge in [0.15, 0.2) is 0 Å². The molecule has 1 aliphatic heterocycles. The molecule has 4 heteroatoms. The van der Waals surface area contributed by atoms with E-state index in [4.69, 9.17) is 0 Å². The Hall–Kier alpha value is -1.81. The molecule has 0 amide bonds. The number of rotatable bonds is 3. The predicted octanol–water partition coefficient (Wildman–Crippen LogP) is 1.74. The van der Waals surface area contributed by atoms with Crippen LogP contribution in [0.25, 0.3) is 0 Å². The van der Waals surface area contributed by atoms with Crippen LogP contribution < -0.4 is 4.90 Å². The van der Waals surface area contributed by atoms with E-state index >= 15 is 0 Å². The molecule has 0 atom stereocenters. The zero-order valence-corrected chi connectivity index (χ0v) is 11.4. The topological polar surface area (TPSA) is 24.3 Å². The Kier molecular flexibility index (Phi) is 3.51. The summed E-state index contributed by atoms with van der Waals surface area (Å²) in [5.41, 5.74) is 2.64. The van der Waals surface area contributed by atoms with Gasteiger partial charge in [0, 0.05) is 46.0 Å². The first-order valence-corrected chi connectivity index (χ1v) is 6.81. The average Bonchev–Trinajstić information content (AvgIpc) is 2.87. The summed E-state index contributed by atoms with van der Waals surface area (Å²) in [6, 6.07) is 10.7. The van der Waals surface area contributed by atoms with Crippen molar-refractivity contribution >= 4 is 5.69 Å². The van der Waals surface area contributed by atoms with Crippen molar-refractivity contribution in [2.24, 2.45) is 7.05 Å². The van der Waals surface area contributed by atoms with Crippen LogP contribution in [-0.4, -0.2) is 40.9 Å². The number of benzene rings is 1. The van der Waals surface area contributed by atoms with E-state index < -0.39 is 0 Å². The van der Waals surface area contributed by atoms with Gasteiger partial charge in [0.05, 0.1) is 11.9 Å².